The normalized spacial score (nSPS) is 9.88. The van der Waals surface area contributed by atoms with Crippen molar-refractivity contribution in [3.63, 3.8) is 0 Å². The molecular formula is C12H18N2O2. The first-order valence-corrected chi connectivity index (χ1v) is 5.37. The number of esters is 1. The number of carbonyl (C=O) groups excluding carboxylic acids is 1. The fourth-order valence-electron chi connectivity index (χ4n) is 1.45. The van der Waals surface area contributed by atoms with Gasteiger partial charge >= 0.3 is 5.97 Å². The van der Waals surface area contributed by atoms with Crippen molar-refractivity contribution in [3.8, 4) is 0 Å². The summed E-state index contributed by atoms with van der Waals surface area (Å²) in [5.41, 5.74) is 7.46. The van der Waals surface area contributed by atoms with Gasteiger partial charge in [0.05, 0.1) is 6.54 Å². The molecule has 0 unspecified atom stereocenters. The van der Waals surface area contributed by atoms with Crippen molar-refractivity contribution in [2.45, 2.75) is 13.8 Å². The summed E-state index contributed by atoms with van der Waals surface area (Å²) in [6.07, 6.45) is 0. The van der Waals surface area contributed by atoms with E-state index in [-0.39, 0.29) is 5.97 Å². The highest BCUT2D eigenvalue weighted by Gasteiger charge is 2.04. The fraction of sp³-hybridized carbons (Fsp3) is 0.417. The van der Waals surface area contributed by atoms with E-state index in [0.717, 1.165) is 17.9 Å². The second-order valence-electron chi connectivity index (χ2n) is 3.51. The average molecular weight is 222 g/mol. The predicted molar refractivity (Wildman–Crippen MR) is 65.4 cm³/mol. The first kappa shape index (κ1) is 12.4. The van der Waals surface area contributed by atoms with Gasteiger partial charge < -0.3 is 15.4 Å². The van der Waals surface area contributed by atoms with E-state index in [9.17, 15) is 4.79 Å². The average Bonchev–Trinajstić information content (AvgIpc) is 2.26. The fourth-order valence-corrected chi connectivity index (χ4v) is 1.45. The van der Waals surface area contributed by atoms with E-state index in [1.165, 1.54) is 6.92 Å². The van der Waals surface area contributed by atoms with Crippen LogP contribution in [0.4, 0.5) is 11.4 Å². The molecule has 0 saturated carbocycles. The maximum Gasteiger partial charge on any atom is 0.302 e. The molecule has 0 saturated heterocycles. The number of benzene rings is 1. The highest BCUT2D eigenvalue weighted by molar-refractivity contribution is 5.65. The minimum atomic E-state index is -0.242. The Balaban J connectivity index is 2.53. The van der Waals surface area contributed by atoms with Gasteiger partial charge in [-0.1, -0.05) is 0 Å². The number of rotatable bonds is 5. The molecule has 0 aromatic heterocycles. The number of nitrogens with two attached hydrogens (primary N) is 1. The van der Waals surface area contributed by atoms with Crippen molar-refractivity contribution >= 4 is 17.3 Å². The van der Waals surface area contributed by atoms with Crippen molar-refractivity contribution in [1.82, 2.24) is 0 Å². The van der Waals surface area contributed by atoms with Crippen LogP contribution >= 0.6 is 0 Å². The van der Waals surface area contributed by atoms with Gasteiger partial charge in [-0.3, -0.25) is 4.79 Å². The number of ether oxygens (including phenoxy) is 1. The molecule has 0 aliphatic carbocycles. The van der Waals surface area contributed by atoms with E-state index in [0.29, 0.717) is 13.2 Å². The van der Waals surface area contributed by atoms with Crippen molar-refractivity contribution in [2.75, 3.05) is 30.3 Å². The molecule has 0 aliphatic rings. The SMILES string of the molecule is CCN(CCOC(C)=O)c1ccc(N)cc1. The van der Waals surface area contributed by atoms with E-state index in [1.54, 1.807) is 0 Å². The van der Waals surface area contributed by atoms with Crippen LogP contribution in [0.1, 0.15) is 13.8 Å². The molecule has 2 N–H and O–H groups in total. The van der Waals surface area contributed by atoms with Crippen LogP contribution in [0.5, 0.6) is 0 Å². The first-order valence-electron chi connectivity index (χ1n) is 5.37. The highest BCUT2D eigenvalue weighted by atomic mass is 16.5. The van der Waals surface area contributed by atoms with Crippen LogP contribution in [-0.2, 0) is 9.53 Å². The van der Waals surface area contributed by atoms with Crippen LogP contribution < -0.4 is 10.6 Å². The summed E-state index contributed by atoms with van der Waals surface area (Å²) in [5, 5.41) is 0. The highest BCUT2D eigenvalue weighted by Crippen LogP contribution is 2.15. The van der Waals surface area contributed by atoms with Crippen LogP contribution in [0.25, 0.3) is 0 Å². The van der Waals surface area contributed by atoms with Gasteiger partial charge in [-0.05, 0) is 31.2 Å². The summed E-state index contributed by atoms with van der Waals surface area (Å²) in [6, 6.07) is 7.66. The van der Waals surface area contributed by atoms with Gasteiger partial charge in [-0.2, -0.15) is 0 Å². The molecule has 88 valence electrons. The lowest BCUT2D eigenvalue weighted by Gasteiger charge is -2.22. The molecule has 0 aliphatic heterocycles. The van der Waals surface area contributed by atoms with Crippen molar-refractivity contribution in [2.24, 2.45) is 0 Å². The summed E-state index contributed by atoms with van der Waals surface area (Å²) in [6.45, 7) is 5.45. The zero-order valence-electron chi connectivity index (χ0n) is 9.77. The molecule has 1 aromatic rings. The second-order valence-corrected chi connectivity index (χ2v) is 3.51. The largest absolute Gasteiger partial charge is 0.464 e. The Labute approximate surface area is 96.0 Å². The molecule has 4 heteroatoms. The molecule has 0 atom stereocenters. The number of nitrogens with zero attached hydrogens (tertiary/aromatic N) is 1. The molecule has 4 nitrogen and oxygen atoms in total. The summed E-state index contributed by atoms with van der Waals surface area (Å²) >= 11 is 0. The standard InChI is InChI=1S/C12H18N2O2/c1-3-14(8-9-16-10(2)15)12-6-4-11(13)5-7-12/h4-7H,3,8-9,13H2,1-2H3. The van der Waals surface area contributed by atoms with Gasteiger partial charge in [0.25, 0.3) is 0 Å². The van der Waals surface area contributed by atoms with Crippen LogP contribution in [0, 0.1) is 0 Å². The third kappa shape index (κ3) is 3.81. The zero-order valence-corrected chi connectivity index (χ0v) is 9.77. The van der Waals surface area contributed by atoms with E-state index in [4.69, 9.17) is 10.5 Å². The molecule has 1 rings (SSSR count). The molecular weight excluding hydrogens is 204 g/mol. The van der Waals surface area contributed by atoms with Gasteiger partial charge in [0, 0.05) is 24.8 Å². The number of anilines is 2. The molecule has 0 spiro atoms. The third-order valence-electron chi connectivity index (χ3n) is 2.31. The Morgan fingerprint density at radius 3 is 2.50 bits per heavy atom. The number of likely N-dealkylation sites (N-methyl/N-ethyl adjacent to an activating group) is 1. The predicted octanol–water partition coefficient (Wildman–Crippen LogP) is 1.66. The monoisotopic (exact) mass is 222 g/mol. The molecule has 1 aromatic carbocycles. The van der Waals surface area contributed by atoms with E-state index >= 15 is 0 Å². The van der Waals surface area contributed by atoms with Gasteiger partial charge in [-0.25, -0.2) is 0 Å². The van der Waals surface area contributed by atoms with Gasteiger partial charge in [-0.15, -0.1) is 0 Å². The van der Waals surface area contributed by atoms with Crippen LogP contribution in [0.2, 0.25) is 0 Å². The molecule has 0 fully saturated rings. The number of nitrogen functional groups attached to an aromatic ring is 1. The van der Waals surface area contributed by atoms with Gasteiger partial charge in [0.1, 0.15) is 6.61 Å². The summed E-state index contributed by atoms with van der Waals surface area (Å²) in [5.74, 6) is -0.242. The summed E-state index contributed by atoms with van der Waals surface area (Å²) in [4.78, 5) is 12.8. The summed E-state index contributed by atoms with van der Waals surface area (Å²) < 4.78 is 4.91. The van der Waals surface area contributed by atoms with Crippen LogP contribution in [-0.4, -0.2) is 25.7 Å². The lowest BCUT2D eigenvalue weighted by molar-refractivity contribution is -0.140. The van der Waals surface area contributed by atoms with E-state index < -0.39 is 0 Å². The van der Waals surface area contributed by atoms with Crippen LogP contribution in [0.15, 0.2) is 24.3 Å². The van der Waals surface area contributed by atoms with E-state index in [1.807, 2.05) is 24.3 Å². The number of hydrogen-bond donors (Lipinski definition) is 1. The lowest BCUT2D eigenvalue weighted by atomic mass is 10.2. The number of hydrogen-bond acceptors (Lipinski definition) is 4. The molecule has 0 bridgehead atoms. The Hall–Kier alpha value is -1.71. The first-order chi connectivity index (χ1) is 7.63. The lowest BCUT2D eigenvalue weighted by Crippen LogP contribution is -2.27. The number of carbonyl (C=O) groups is 1. The Morgan fingerprint density at radius 2 is 2.00 bits per heavy atom. The third-order valence-corrected chi connectivity index (χ3v) is 2.31. The van der Waals surface area contributed by atoms with E-state index in [2.05, 4.69) is 11.8 Å². The zero-order chi connectivity index (χ0) is 12.0. The maximum absolute atomic E-state index is 10.6. The Morgan fingerprint density at radius 1 is 1.38 bits per heavy atom. The molecule has 0 radical (unpaired) electrons. The van der Waals surface area contributed by atoms with Crippen molar-refractivity contribution in [3.05, 3.63) is 24.3 Å². The quantitative estimate of drug-likeness (QED) is 0.608. The van der Waals surface area contributed by atoms with Gasteiger partial charge in [0.15, 0.2) is 0 Å². The Kier molecular flexibility index (Phi) is 4.64. The second kappa shape index (κ2) is 6.00. The smallest absolute Gasteiger partial charge is 0.302 e. The van der Waals surface area contributed by atoms with Crippen molar-refractivity contribution < 1.29 is 9.53 Å². The minimum absolute atomic E-state index is 0.242. The van der Waals surface area contributed by atoms with Gasteiger partial charge in [0.2, 0.25) is 0 Å². The summed E-state index contributed by atoms with van der Waals surface area (Å²) in [7, 11) is 0. The Bertz CT molecular complexity index is 335. The van der Waals surface area contributed by atoms with Crippen LogP contribution in [0.3, 0.4) is 0 Å². The molecule has 16 heavy (non-hydrogen) atoms. The molecule has 0 amide bonds. The topological polar surface area (TPSA) is 55.6 Å². The maximum atomic E-state index is 10.6. The minimum Gasteiger partial charge on any atom is -0.464 e. The van der Waals surface area contributed by atoms with Crippen molar-refractivity contribution in [1.29, 1.82) is 0 Å². The molecule has 0 heterocycles.